The second kappa shape index (κ2) is 6.31. The van der Waals surface area contributed by atoms with Gasteiger partial charge in [-0.2, -0.15) is 11.8 Å². The van der Waals surface area contributed by atoms with Gasteiger partial charge < -0.3 is 5.32 Å². The topological polar surface area (TPSA) is 42.0 Å². The first-order chi connectivity index (χ1) is 8.27. The summed E-state index contributed by atoms with van der Waals surface area (Å²) in [5, 5.41) is 3.13. The number of carbonyl (C=O) groups is 1. The van der Waals surface area contributed by atoms with Crippen molar-refractivity contribution in [2.75, 3.05) is 17.3 Å². The van der Waals surface area contributed by atoms with Crippen molar-refractivity contribution >= 4 is 29.4 Å². The van der Waals surface area contributed by atoms with Gasteiger partial charge in [-0.3, -0.25) is 9.78 Å². The van der Waals surface area contributed by atoms with E-state index in [0.29, 0.717) is 0 Å². The van der Waals surface area contributed by atoms with E-state index in [2.05, 4.69) is 10.3 Å². The van der Waals surface area contributed by atoms with Gasteiger partial charge in [-0.15, -0.1) is 11.8 Å². The van der Waals surface area contributed by atoms with E-state index in [1.165, 1.54) is 0 Å². The lowest BCUT2D eigenvalue weighted by atomic mass is 10.2. The molecule has 1 amide bonds. The second-order valence-electron chi connectivity index (χ2n) is 3.92. The van der Waals surface area contributed by atoms with E-state index in [1.807, 2.05) is 36.9 Å². The molecule has 2 unspecified atom stereocenters. The number of carbonyl (C=O) groups excluding carboxylic acids is 1. The first kappa shape index (κ1) is 12.8. The van der Waals surface area contributed by atoms with E-state index in [9.17, 15) is 4.79 Å². The number of rotatable bonds is 3. The van der Waals surface area contributed by atoms with Gasteiger partial charge in [0.15, 0.2) is 0 Å². The number of hydrogen-bond acceptors (Lipinski definition) is 4. The van der Waals surface area contributed by atoms with Gasteiger partial charge in [0.05, 0.1) is 17.0 Å². The highest BCUT2D eigenvalue weighted by atomic mass is 32.2. The molecule has 0 saturated carbocycles. The van der Waals surface area contributed by atoms with Crippen molar-refractivity contribution in [3.8, 4) is 0 Å². The van der Waals surface area contributed by atoms with Gasteiger partial charge in [0, 0.05) is 23.5 Å². The Morgan fingerprint density at radius 1 is 1.53 bits per heavy atom. The van der Waals surface area contributed by atoms with Crippen LogP contribution in [0.1, 0.15) is 18.7 Å². The van der Waals surface area contributed by atoms with E-state index in [1.54, 1.807) is 18.0 Å². The highest BCUT2D eigenvalue weighted by Gasteiger charge is 2.23. The fourth-order valence-corrected chi connectivity index (χ4v) is 4.22. The summed E-state index contributed by atoms with van der Waals surface area (Å²) in [6.07, 6.45) is 1.75. The lowest BCUT2D eigenvalue weighted by Gasteiger charge is -2.22. The lowest BCUT2D eigenvalue weighted by Crippen LogP contribution is -2.37. The summed E-state index contributed by atoms with van der Waals surface area (Å²) >= 11 is 3.61. The van der Waals surface area contributed by atoms with Gasteiger partial charge in [0.25, 0.3) is 0 Å². The van der Waals surface area contributed by atoms with Crippen molar-refractivity contribution in [3.63, 3.8) is 0 Å². The lowest BCUT2D eigenvalue weighted by molar-refractivity contribution is -0.120. The van der Waals surface area contributed by atoms with E-state index in [4.69, 9.17) is 0 Å². The van der Waals surface area contributed by atoms with Gasteiger partial charge in [-0.05, 0) is 19.1 Å². The van der Waals surface area contributed by atoms with Crippen molar-refractivity contribution in [2.45, 2.75) is 18.2 Å². The largest absolute Gasteiger partial charge is 0.347 e. The molecule has 17 heavy (non-hydrogen) atoms. The van der Waals surface area contributed by atoms with Crippen LogP contribution in [-0.4, -0.2) is 33.4 Å². The van der Waals surface area contributed by atoms with Crippen molar-refractivity contribution in [1.29, 1.82) is 0 Å². The van der Waals surface area contributed by atoms with Gasteiger partial charge in [-0.1, -0.05) is 6.07 Å². The Labute approximate surface area is 110 Å². The maximum atomic E-state index is 12.0. The Morgan fingerprint density at radius 2 is 2.41 bits per heavy atom. The summed E-state index contributed by atoms with van der Waals surface area (Å²) in [6.45, 7) is 1.97. The summed E-state index contributed by atoms with van der Waals surface area (Å²) in [4.78, 5) is 16.3. The van der Waals surface area contributed by atoms with Gasteiger partial charge in [-0.25, -0.2) is 0 Å². The molecular weight excluding hydrogens is 252 g/mol. The van der Waals surface area contributed by atoms with Crippen LogP contribution in [0, 0.1) is 0 Å². The summed E-state index contributed by atoms with van der Waals surface area (Å²) in [7, 11) is 0. The van der Waals surface area contributed by atoms with E-state index >= 15 is 0 Å². The summed E-state index contributed by atoms with van der Waals surface area (Å²) in [5.74, 6) is 3.29. The van der Waals surface area contributed by atoms with E-state index in [-0.39, 0.29) is 17.2 Å². The number of nitrogens with zero attached hydrogens (tertiary/aromatic N) is 1. The Kier molecular flexibility index (Phi) is 4.74. The predicted octanol–water partition coefficient (Wildman–Crippen LogP) is 2.11. The van der Waals surface area contributed by atoms with Crippen LogP contribution in [0.25, 0.3) is 0 Å². The molecule has 1 aliphatic rings. The number of aromatic nitrogens is 1. The molecule has 1 aromatic heterocycles. The molecule has 1 fully saturated rings. The molecule has 3 nitrogen and oxygen atoms in total. The zero-order valence-electron chi connectivity index (χ0n) is 9.76. The highest BCUT2D eigenvalue weighted by molar-refractivity contribution is 8.07. The third-order valence-electron chi connectivity index (χ3n) is 2.60. The van der Waals surface area contributed by atoms with Crippen LogP contribution in [0.3, 0.4) is 0 Å². The van der Waals surface area contributed by atoms with Gasteiger partial charge in [0.1, 0.15) is 0 Å². The van der Waals surface area contributed by atoms with Gasteiger partial charge >= 0.3 is 0 Å². The molecule has 2 heterocycles. The van der Waals surface area contributed by atoms with Crippen molar-refractivity contribution in [1.82, 2.24) is 10.3 Å². The molecule has 0 bridgehead atoms. The normalized spacial score (nSPS) is 21.8. The molecule has 1 aromatic rings. The number of nitrogens with one attached hydrogen (secondary N) is 1. The predicted molar refractivity (Wildman–Crippen MR) is 74.4 cm³/mol. The highest BCUT2D eigenvalue weighted by Crippen LogP contribution is 2.24. The maximum Gasteiger partial charge on any atom is 0.234 e. The quantitative estimate of drug-likeness (QED) is 0.911. The first-order valence-electron chi connectivity index (χ1n) is 5.68. The molecular formula is C12H16N2OS2. The van der Waals surface area contributed by atoms with Crippen molar-refractivity contribution < 1.29 is 4.79 Å². The molecule has 92 valence electrons. The minimum atomic E-state index is -0.0174. The number of thioether (sulfide) groups is 2. The van der Waals surface area contributed by atoms with Crippen molar-refractivity contribution in [3.05, 3.63) is 30.1 Å². The number of amides is 1. The summed E-state index contributed by atoms with van der Waals surface area (Å²) in [6, 6.07) is 5.74. The van der Waals surface area contributed by atoms with Crippen LogP contribution in [0.4, 0.5) is 0 Å². The minimum absolute atomic E-state index is 0.0174. The van der Waals surface area contributed by atoms with Crippen LogP contribution in [0.15, 0.2) is 24.4 Å². The Hall–Kier alpha value is -0.680. The van der Waals surface area contributed by atoms with Crippen LogP contribution >= 0.6 is 23.5 Å². The number of pyridine rings is 1. The zero-order valence-corrected chi connectivity index (χ0v) is 11.4. The average Bonchev–Trinajstić information content (AvgIpc) is 2.40. The molecule has 0 spiro atoms. The SMILES string of the molecule is CC(NC(=O)C1CSCCS1)c1ccccn1. The van der Waals surface area contributed by atoms with E-state index < -0.39 is 0 Å². The van der Waals surface area contributed by atoms with Crippen LogP contribution < -0.4 is 5.32 Å². The zero-order chi connectivity index (χ0) is 12.1. The van der Waals surface area contributed by atoms with Crippen molar-refractivity contribution in [2.24, 2.45) is 0 Å². The fraction of sp³-hybridized carbons (Fsp3) is 0.500. The van der Waals surface area contributed by atoms with Crippen LogP contribution in [-0.2, 0) is 4.79 Å². The van der Waals surface area contributed by atoms with Crippen LogP contribution in [0.5, 0.6) is 0 Å². The Bertz CT molecular complexity index is 366. The minimum Gasteiger partial charge on any atom is -0.347 e. The molecule has 2 rings (SSSR count). The molecule has 5 heteroatoms. The van der Waals surface area contributed by atoms with E-state index in [0.717, 1.165) is 23.0 Å². The Morgan fingerprint density at radius 3 is 3.06 bits per heavy atom. The monoisotopic (exact) mass is 268 g/mol. The molecule has 0 radical (unpaired) electrons. The molecule has 1 aliphatic heterocycles. The molecule has 0 aliphatic carbocycles. The standard InChI is InChI=1S/C12H16N2OS2/c1-9(10-4-2-3-5-13-10)14-12(15)11-8-16-6-7-17-11/h2-5,9,11H,6-8H2,1H3,(H,14,15). The molecule has 2 atom stereocenters. The first-order valence-corrected chi connectivity index (χ1v) is 7.88. The smallest absolute Gasteiger partial charge is 0.234 e. The second-order valence-corrected chi connectivity index (χ2v) is 6.38. The third kappa shape index (κ3) is 3.64. The average molecular weight is 268 g/mol. The molecule has 0 aromatic carbocycles. The Balaban J connectivity index is 1.89. The van der Waals surface area contributed by atoms with Crippen LogP contribution in [0.2, 0.25) is 0 Å². The molecule has 1 N–H and O–H groups in total. The molecule has 1 saturated heterocycles. The van der Waals surface area contributed by atoms with Gasteiger partial charge in [0.2, 0.25) is 5.91 Å². The summed E-state index contributed by atoms with van der Waals surface area (Å²) < 4.78 is 0. The maximum absolute atomic E-state index is 12.0. The summed E-state index contributed by atoms with van der Waals surface area (Å²) in [5.41, 5.74) is 0.911. The number of hydrogen-bond donors (Lipinski definition) is 1. The fourth-order valence-electron chi connectivity index (χ4n) is 1.65. The third-order valence-corrected chi connectivity index (χ3v) is 5.35.